The number of hydrogen-bond acceptors (Lipinski definition) is 4. The topological polar surface area (TPSA) is 72.3 Å². The molecule has 1 atom stereocenters. The van der Waals surface area contributed by atoms with Gasteiger partial charge < -0.3 is 15.0 Å². The van der Waals surface area contributed by atoms with E-state index < -0.39 is 0 Å². The Kier molecular flexibility index (Phi) is 4.45. The Morgan fingerprint density at radius 2 is 2.17 bits per heavy atom. The third kappa shape index (κ3) is 3.44. The second-order valence-corrected chi connectivity index (χ2v) is 5.70. The van der Waals surface area contributed by atoms with Gasteiger partial charge in [0.15, 0.2) is 0 Å². The SMILES string of the molecule is COc1ccc(-n2cc(CNC(=O)N3CCC[C@H]3C)nn2)cc1. The van der Waals surface area contributed by atoms with Crippen molar-refractivity contribution in [3.05, 3.63) is 36.2 Å². The van der Waals surface area contributed by atoms with E-state index in [1.165, 1.54) is 0 Å². The van der Waals surface area contributed by atoms with Gasteiger partial charge in [-0.05, 0) is 44.0 Å². The quantitative estimate of drug-likeness (QED) is 0.936. The zero-order valence-corrected chi connectivity index (χ0v) is 13.4. The maximum Gasteiger partial charge on any atom is 0.317 e. The number of amides is 2. The fourth-order valence-electron chi connectivity index (χ4n) is 2.74. The molecule has 1 N–H and O–H groups in total. The molecule has 1 aliphatic rings. The van der Waals surface area contributed by atoms with Gasteiger partial charge in [0.1, 0.15) is 11.4 Å². The van der Waals surface area contributed by atoms with Gasteiger partial charge >= 0.3 is 6.03 Å². The third-order valence-electron chi connectivity index (χ3n) is 4.11. The summed E-state index contributed by atoms with van der Waals surface area (Å²) in [7, 11) is 1.63. The Balaban J connectivity index is 1.59. The number of likely N-dealkylation sites (tertiary alicyclic amines) is 1. The Hall–Kier alpha value is -2.57. The normalized spacial score (nSPS) is 17.3. The van der Waals surface area contributed by atoms with E-state index in [-0.39, 0.29) is 6.03 Å². The molecule has 0 bridgehead atoms. The molecular formula is C16H21N5O2. The summed E-state index contributed by atoms with van der Waals surface area (Å²) >= 11 is 0. The molecule has 2 heterocycles. The van der Waals surface area contributed by atoms with E-state index in [2.05, 4.69) is 22.6 Å². The van der Waals surface area contributed by atoms with Crippen LogP contribution in [-0.4, -0.2) is 45.6 Å². The summed E-state index contributed by atoms with van der Waals surface area (Å²) in [6, 6.07) is 7.82. The molecule has 122 valence electrons. The van der Waals surface area contributed by atoms with Gasteiger partial charge in [0.2, 0.25) is 0 Å². The number of ether oxygens (including phenoxy) is 1. The molecule has 23 heavy (non-hydrogen) atoms. The van der Waals surface area contributed by atoms with E-state index in [0.29, 0.717) is 12.6 Å². The first-order valence-electron chi connectivity index (χ1n) is 7.77. The summed E-state index contributed by atoms with van der Waals surface area (Å²) in [5, 5.41) is 11.1. The maximum atomic E-state index is 12.1. The molecular weight excluding hydrogens is 294 g/mol. The first kappa shape index (κ1) is 15.3. The van der Waals surface area contributed by atoms with Crippen molar-refractivity contribution in [3.63, 3.8) is 0 Å². The first-order valence-corrected chi connectivity index (χ1v) is 7.77. The number of methoxy groups -OCH3 is 1. The Bertz CT molecular complexity index is 667. The molecule has 0 radical (unpaired) electrons. The van der Waals surface area contributed by atoms with E-state index in [4.69, 9.17) is 4.74 Å². The number of benzene rings is 1. The summed E-state index contributed by atoms with van der Waals surface area (Å²) in [5.74, 6) is 0.793. The predicted octanol–water partition coefficient (Wildman–Crippen LogP) is 1.97. The molecule has 1 fully saturated rings. The van der Waals surface area contributed by atoms with Crippen LogP contribution in [0, 0.1) is 0 Å². The molecule has 2 amide bonds. The summed E-state index contributed by atoms with van der Waals surface area (Å²) < 4.78 is 6.82. The van der Waals surface area contributed by atoms with Gasteiger partial charge in [-0.3, -0.25) is 0 Å². The zero-order valence-electron chi connectivity index (χ0n) is 13.4. The Labute approximate surface area is 135 Å². The molecule has 7 heteroatoms. The summed E-state index contributed by atoms with van der Waals surface area (Å²) in [6.07, 6.45) is 3.96. The summed E-state index contributed by atoms with van der Waals surface area (Å²) in [4.78, 5) is 14.0. The second-order valence-electron chi connectivity index (χ2n) is 5.70. The lowest BCUT2D eigenvalue weighted by molar-refractivity contribution is 0.195. The molecule has 7 nitrogen and oxygen atoms in total. The lowest BCUT2D eigenvalue weighted by Crippen LogP contribution is -2.41. The van der Waals surface area contributed by atoms with Crippen LogP contribution in [0.25, 0.3) is 5.69 Å². The fourth-order valence-corrected chi connectivity index (χ4v) is 2.74. The Morgan fingerprint density at radius 3 is 2.83 bits per heavy atom. The van der Waals surface area contributed by atoms with Crippen LogP contribution in [0.3, 0.4) is 0 Å². The van der Waals surface area contributed by atoms with Crippen molar-refractivity contribution in [1.29, 1.82) is 0 Å². The summed E-state index contributed by atoms with van der Waals surface area (Å²) in [5.41, 5.74) is 1.62. The van der Waals surface area contributed by atoms with E-state index >= 15 is 0 Å². The molecule has 0 aliphatic carbocycles. The summed E-state index contributed by atoms with van der Waals surface area (Å²) in [6.45, 7) is 3.27. The van der Waals surface area contributed by atoms with Crippen molar-refractivity contribution in [3.8, 4) is 11.4 Å². The van der Waals surface area contributed by atoms with E-state index in [0.717, 1.165) is 36.5 Å². The van der Waals surface area contributed by atoms with Gasteiger partial charge in [0.05, 0.1) is 25.5 Å². The highest BCUT2D eigenvalue weighted by Gasteiger charge is 2.24. The van der Waals surface area contributed by atoms with Crippen molar-refractivity contribution >= 4 is 6.03 Å². The van der Waals surface area contributed by atoms with Crippen LogP contribution in [0.1, 0.15) is 25.5 Å². The fraction of sp³-hybridized carbons (Fsp3) is 0.438. The lowest BCUT2D eigenvalue weighted by Gasteiger charge is -2.21. The van der Waals surface area contributed by atoms with Crippen molar-refractivity contribution in [1.82, 2.24) is 25.2 Å². The number of urea groups is 1. The largest absolute Gasteiger partial charge is 0.497 e. The van der Waals surface area contributed by atoms with Gasteiger partial charge in [-0.25, -0.2) is 9.48 Å². The molecule has 1 aliphatic heterocycles. The number of nitrogens with zero attached hydrogens (tertiary/aromatic N) is 4. The smallest absolute Gasteiger partial charge is 0.317 e. The lowest BCUT2D eigenvalue weighted by atomic mass is 10.2. The number of hydrogen-bond donors (Lipinski definition) is 1. The average Bonchev–Trinajstić information content (AvgIpc) is 3.22. The molecule has 1 aromatic carbocycles. The van der Waals surface area contributed by atoms with Crippen molar-refractivity contribution in [2.75, 3.05) is 13.7 Å². The van der Waals surface area contributed by atoms with E-state index in [1.807, 2.05) is 35.4 Å². The van der Waals surface area contributed by atoms with Gasteiger partial charge in [-0.1, -0.05) is 5.21 Å². The highest BCUT2D eigenvalue weighted by atomic mass is 16.5. The van der Waals surface area contributed by atoms with E-state index in [1.54, 1.807) is 11.8 Å². The van der Waals surface area contributed by atoms with Crippen LogP contribution in [-0.2, 0) is 6.54 Å². The number of rotatable bonds is 4. The minimum absolute atomic E-state index is 0.0333. The molecule has 1 aromatic heterocycles. The molecule has 0 unspecified atom stereocenters. The number of nitrogens with one attached hydrogen (secondary N) is 1. The maximum absolute atomic E-state index is 12.1. The van der Waals surface area contributed by atoms with E-state index in [9.17, 15) is 4.79 Å². The van der Waals surface area contributed by atoms with Gasteiger partial charge in [0.25, 0.3) is 0 Å². The van der Waals surface area contributed by atoms with Crippen LogP contribution < -0.4 is 10.1 Å². The van der Waals surface area contributed by atoms with Crippen LogP contribution >= 0.6 is 0 Å². The van der Waals surface area contributed by atoms with Crippen LogP contribution in [0.2, 0.25) is 0 Å². The highest BCUT2D eigenvalue weighted by Crippen LogP contribution is 2.16. The minimum Gasteiger partial charge on any atom is -0.497 e. The predicted molar refractivity (Wildman–Crippen MR) is 85.5 cm³/mol. The van der Waals surface area contributed by atoms with Crippen LogP contribution in [0.5, 0.6) is 5.75 Å². The number of carbonyl (C=O) groups excluding carboxylic acids is 1. The average molecular weight is 315 g/mol. The molecule has 2 aromatic rings. The molecule has 1 saturated heterocycles. The monoisotopic (exact) mass is 315 g/mol. The van der Waals surface area contributed by atoms with Crippen molar-refractivity contribution in [2.24, 2.45) is 0 Å². The molecule has 3 rings (SSSR count). The molecule has 0 spiro atoms. The highest BCUT2D eigenvalue weighted by molar-refractivity contribution is 5.74. The standard InChI is InChI=1S/C16H21N5O2/c1-12-4-3-9-20(12)16(22)17-10-13-11-21(19-18-13)14-5-7-15(23-2)8-6-14/h5-8,11-12H,3-4,9-10H2,1-2H3,(H,17,22)/t12-/m1/s1. The number of carbonyl (C=O) groups is 1. The van der Waals surface area contributed by atoms with Gasteiger partial charge in [0, 0.05) is 12.6 Å². The van der Waals surface area contributed by atoms with Gasteiger partial charge in [-0.15, -0.1) is 5.10 Å². The molecule has 0 saturated carbocycles. The Morgan fingerprint density at radius 1 is 1.39 bits per heavy atom. The second kappa shape index (κ2) is 6.68. The van der Waals surface area contributed by atoms with Crippen LogP contribution in [0.4, 0.5) is 4.79 Å². The van der Waals surface area contributed by atoms with Crippen LogP contribution in [0.15, 0.2) is 30.5 Å². The number of aromatic nitrogens is 3. The van der Waals surface area contributed by atoms with Crippen molar-refractivity contribution < 1.29 is 9.53 Å². The van der Waals surface area contributed by atoms with Crippen molar-refractivity contribution in [2.45, 2.75) is 32.4 Å². The zero-order chi connectivity index (χ0) is 16.2. The first-order chi connectivity index (χ1) is 11.2. The third-order valence-corrected chi connectivity index (χ3v) is 4.11. The minimum atomic E-state index is -0.0333. The van der Waals surface area contributed by atoms with Gasteiger partial charge in [-0.2, -0.15) is 0 Å².